The number of hydrogen-bond acceptors (Lipinski definition) is 7. The Morgan fingerprint density at radius 2 is 1.68 bits per heavy atom. The summed E-state index contributed by atoms with van der Waals surface area (Å²) in [6.45, 7) is 4.12. The predicted molar refractivity (Wildman–Crippen MR) is 171 cm³/mol. The summed E-state index contributed by atoms with van der Waals surface area (Å²) in [4.78, 5) is 36.9. The highest BCUT2D eigenvalue weighted by molar-refractivity contribution is 6.21. The molecule has 0 saturated heterocycles. The molecule has 1 aromatic heterocycles. The molecule has 47 heavy (non-hydrogen) atoms. The lowest BCUT2D eigenvalue weighted by molar-refractivity contribution is -0.137. The van der Waals surface area contributed by atoms with E-state index in [2.05, 4.69) is 0 Å². The Morgan fingerprint density at radius 1 is 0.957 bits per heavy atom. The van der Waals surface area contributed by atoms with Crippen molar-refractivity contribution >= 4 is 28.9 Å². The highest BCUT2D eigenvalue weighted by Gasteiger charge is 2.41. The van der Waals surface area contributed by atoms with Gasteiger partial charge in [-0.25, -0.2) is 4.98 Å². The van der Waals surface area contributed by atoms with Gasteiger partial charge in [0.25, 0.3) is 11.8 Å². The van der Waals surface area contributed by atoms with E-state index in [0.717, 1.165) is 12.1 Å². The van der Waals surface area contributed by atoms with E-state index < -0.39 is 17.3 Å². The molecule has 2 amide bonds. The monoisotopic (exact) mass is 643 g/mol. The van der Waals surface area contributed by atoms with Crippen LogP contribution in [0.4, 0.5) is 13.2 Å². The van der Waals surface area contributed by atoms with Crippen molar-refractivity contribution in [3.63, 3.8) is 0 Å². The summed E-state index contributed by atoms with van der Waals surface area (Å²) in [5.41, 5.74) is 0.924. The van der Waals surface area contributed by atoms with Crippen molar-refractivity contribution in [2.45, 2.75) is 38.4 Å². The van der Waals surface area contributed by atoms with Crippen molar-refractivity contribution in [2.75, 3.05) is 20.8 Å². The van der Waals surface area contributed by atoms with E-state index in [1.54, 1.807) is 42.6 Å². The number of aryl methyl sites for hydroxylation is 1. The lowest BCUT2D eigenvalue weighted by Gasteiger charge is -2.33. The Labute approximate surface area is 269 Å². The summed E-state index contributed by atoms with van der Waals surface area (Å²) in [6, 6.07) is 14.9. The number of ether oxygens (including phenoxy) is 3. The van der Waals surface area contributed by atoms with Crippen molar-refractivity contribution in [1.82, 2.24) is 9.88 Å². The summed E-state index contributed by atoms with van der Waals surface area (Å²) < 4.78 is 58.0. The molecule has 4 aromatic rings. The molecule has 0 fully saturated rings. The number of hydrogen-bond donors (Lipinski definition) is 0. The Balaban J connectivity index is 1.38. The van der Waals surface area contributed by atoms with Crippen LogP contribution in [-0.2, 0) is 11.7 Å². The van der Waals surface area contributed by atoms with Crippen LogP contribution in [0.3, 0.4) is 0 Å². The molecule has 8 nitrogen and oxygen atoms in total. The fraction of sp³-hybridized carbons (Fsp3) is 0.278. The standard InChI is InChI=1S/C36H32F3N3O5/c1-21-18-29(46-4)41-31-27(20-28(45-3)32(30(21)31)47-24-12-7-11-23(19-24)36(37,38)39)35(15-9-16-40-35)22(2)10-8-17-42-33(43)25-13-5-6-14-26(25)34(42)44/h5-7,9,11-16,18-20,22H,8,10,17H2,1-4H3. The number of amides is 2. The zero-order chi connectivity index (χ0) is 33.5. The number of carbonyl (C=O) groups excluding carboxylic acids is 2. The number of alkyl halides is 3. The highest BCUT2D eigenvalue weighted by atomic mass is 19.4. The van der Waals surface area contributed by atoms with Gasteiger partial charge < -0.3 is 14.2 Å². The van der Waals surface area contributed by atoms with Crippen molar-refractivity contribution in [3.05, 3.63) is 101 Å². The van der Waals surface area contributed by atoms with Gasteiger partial charge in [-0.1, -0.05) is 31.2 Å². The van der Waals surface area contributed by atoms with Gasteiger partial charge in [-0.2, -0.15) is 13.2 Å². The normalized spacial score (nSPS) is 17.8. The fourth-order valence-electron chi connectivity index (χ4n) is 6.36. The molecule has 2 unspecified atom stereocenters. The average Bonchev–Trinajstić information content (AvgIpc) is 3.65. The van der Waals surface area contributed by atoms with Crippen LogP contribution in [0.15, 0.2) is 77.8 Å². The first-order valence-electron chi connectivity index (χ1n) is 15.1. The minimum absolute atomic E-state index is 0.0163. The van der Waals surface area contributed by atoms with Crippen LogP contribution in [0.25, 0.3) is 10.9 Å². The number of imide groups is 1. The van der Waals surface area contributed by atoms with E-state index in [0.29, 0.717) is 51.9 Å². The van der Waals surface area contributed by atoms with Gasteiger partial charge >= 0.3 is 6.18 Å². The third-order valence-corrected chi connectivity index (χ3v) is 8.79. The van der Waals surface area contributed by atoms with Gasteiger partial charge in [0.05, 0.1) is 41.8 Å². The lowest BCUT2D eigenvalue weighted by atomic mass is 9.76. The molecule has 0 N–H and O–H groups in total. The molecule has 242 valence electrons. The molecule has 0 aliphatic carbocycles. The fourth-order valence-corrected chi connectivity index (χ4v) is 6.36. The second-order valence-electron chi connectivity index (χ2n) is 11.6. The van der Waals surface area contributed by atoms with E-state index >= 15 is 0 Å². The molecule has 6 rings (SSSR count). The van der Waals surface area contributed by atoms with Gasteiger partial charge in [-0.15, -0.1) is 0 Å². The average molecular weight is 644 g/mol. The van der Waals surface area contributed by atoms with Gasteiger partial charge in [0.1, 0.15) is 11.3 Å². The molecule has 11 heteroatoms. The summed E-state index contributed by atoms with van der Waals surface area (Å²) in [6.07, 6.45) is 2.09. The first-order chi connectivity index (χ1) is 22.5. The van der Waals surface area contributed by atoms with Crippen molar-refractivity contribution in [3.8, 4) is 23.1 Å². The molecule has 2 aliphatic rings. The van der Waals surface area contributed by atoms with E-state index in [1.165, 1.54) is 31.3 Å². The zero-order valence-electron chi connectivity index (χ0n) is 26.2. The summed E-state index contributed by atoms with van der Waals surface area (Å²) in [7, 11) is 2.96. The number of nitrogens with zero attached hydrogens (tertiary/aromatic N) is 3. The minimum atomic E-state index is -4.55. The maximum Gasteiger partial charge on any atom is 0.416 e. The van der Waals surface area contributed by atoms with E-state index in [4.69, 9.17) is 24.2 Å². The van der Waals surface area contributed by atoms with Gasteiger partial charge in [0.2, 0.25) is 5.88 Å². The first-order valence-corrected chi connectivity index (χ1v) is 15.1. The van der Waals surface area contributed by atoms with Crippen molar-refractivity contribution < 1.29 is 37.0 Å². The quantitative estimate of drug-likeness (QED) is 0.163. The molecule has 2 aliphatic heterocycles. The number of fused-ring (bicyclic) bond motifs is 2. The van der Waals surface area contributed by atoms with Crippen LogP contribution in [0.1, 0.15) is 57.2 Å². The molecule has 3 heterocycles. The van der Waals surface area contributed by atoms with Crippen LogP contribution in [0, 0.1) is 12.8 Å². The molecular weight excluding hydrogens is 611 g/mol. The molecule has 0 spiro atoms. The molecule has 0 saturated carbocycles. The second kappa shape index (κ2) is 12.2. The van der Waals surface area contributed by atoms with Gasteiger partial charge in [0.15, 0.2) is 11.5 Å². The predicted octanol–water partition coefficient (Wildman–Crippen LogP) is 7.92. The summed E-state index contributed by atoms with van der Waals surface area (Å²) >= 11 is 0. The molecule has 0 radical (unpaired) electrons. The van der Waals surface area contributed by atoms with Crippen molar-refractivity contribution in [2.24, 2.45) is 10.9 Å². The first kappa shape index (κ1) is 31.8. The molecule has 2 atom stereocenters. The van der Waals surface area contributed by atoms with Gasteiger partial charge in [-0.05, 0) is 73.7 Å². The maximum atomic E-state index is 13.5. The maximum absolute atomic E-state index is 13.5. The largest absolute Gasteiger partial charge is 0.493 e. The minimum Gasteiger partial charge on any atom is -0.493 e. The topological polar surface area (TPSA) is 90.3 Å². The number of allylic oxidation sites excluding steroid dienone is 1. The van der Waals surface area contributed by atoms with E-state index in [9.17, 15) is 22.8 Å². The van der Waals surface area contributed by atoms with Gasteiger partial charge in [0, 0.05) is 24.4 Å². The number of benzene rings is 3. The number of carbonyl (C=O) groups is 2. The SMILES string of the molecule is COc1cc(C)c2c(Oc3cccc(C(F)(F)F)c3)c(OC)cc(C3(C(C)CCCN4C(=O)c5ccccc5C4=O)C=CC=N3)c2n1. The van der Waals surface area contributed by atoms with E-state index in [-0.39, 0.29) is 41.5 Å². The van der Waals surface area contributed by atoms with Gasteiger partial charge in [-0.3, -0.25) is 19.5 Å². The van der Waals surface area contributed by atoms with Crippen LogP contribution in [0.2, 0.25) is 0 Å². The number of rotatable bonds is 10. The smallest absolute Gasteiger partial charge is 0.416 e. The van der Waals surface area contributed by atoms with Crippen molar-refractivity contribution in [1.29, 1.82) is 0 Å². The third kappa shape index (κ3) is 5.60. The summed E-state index contributed by atoms with van der Waals surface area (Å²) in [5.74, 6) is 0.0641. The highest BCUT2D eigenvalue weighted by Crippen LogP contribution is 2.50. The van der Waals surface area contributed by atoms with Crippen LogP contribution in [-0.4, -0.2) is 48.7 Å². The number of aromatic nitrogens is 1. The molecule has 3 aromatic carbocycles. The Morgan fingerprint density at radius 3 is 2.30 bits per heavy atom. The number of aliphatic imine (C=N–C) groups is 1. The third-order valence-electron chi connectivity index (χ3n) is 8.79. The number of pyridine rings is 1. The van der Waals surface area contributed by atoms with Crippen LogP contribution < -0.4 is 14.2 Å². The molecular formula is C36H32F3N3O5. The molecule has 0 bridgehead atoms. The van der Waals surface area contributed by atoms with Crippen LogP contribution >= 0.6 is 0 Å². The van der Waals surface area contributed by atoms with E-state index in [1.807, 2.05) is 26.0 Å². The second-order valence-corrected chi connectivity index (χ2v) is 11.6. The lowest BCUT2D eigenvalue weighted by Crippen LogP contribution is -2.33. The Kier molecular flexibility index (Phi) is 8.25. The number of halogens is 3. The summed E-state index contributed by atoms with van der Waals surface area (Å²) in [5, 5.41) is 0.533. The number of methoxy groups -OCH3 is 2. The van der Waals surface area contributed by atoms with Crippen LogP contribution in [0.5, 0.6) is 23.1 Å². The Bertz CT molecular complexity index is 1910. The zero-order valence-corrected chi connectivity index (χ0v) is 26.2. The Hall–Kier alpha value is -5.19.